The van der Waals surface area contributed by atoms with E-state index in [2.05, 4.69) is 30.9 Å². The lowest BCUT2D eigenvalue weighted by Crippen LogP contribution is -2.45. The van der Waals surface area contributed by atoms with Crippen LogP contribution in [0.2, 0.25) is 0 Å². The number of benzene rings is 1. The molecule has 46 heavy (non-hydrogen) atoms. The van der Waals surface area contributed by atoms with Crippen molar-refractivity contribution in [2.24, 2.45) is 5.92 Å². The lowest BCUT2D eigenvalue weighted by Gasteiger charge is -2.25. The van der Waals surface area contributed by atoms with Gasteiger partial charge in [-0.25, -0.2) is 15.0 Å². The molecule has 3 aromatic heterocycles. The number of thiazole rings is 1. The summed E-state index contributed by atoms with van der Waals surface area (Å²) in [6.07, 6.45) is 6.01. The molecular weight excluding hydrogens is 608 g/mol. The number of nitrogens with zero attached hydrogens (tertiary/aromatic N) is 5. The third-order valence-corrected chi connectivity index (χ3v) is 8.61. The molecule has 1 aliphatic heterocycles. The van der Waals surface area contributed by atoms with Crippen molar-refractivity contribution in [1.82, 2.24) is 40.4 Å². The Balaban J connectivity index is 1.41. The molecule has 0 radical (unpaired) electrons. The molecule has 5 rings (SSSR count). The quantitative estimate of drug-likeness (QED) is 0.276. The second-order valence-electron chi connectivity index (χ2n) is 11.4. The van der Waals surface area contributed by atoms with Crippen molar-refractivity contribution in [3.63, 3.8) is 0 Å². The van der Waals surface area contributed by atoms with Crippen LogP contribution < -0.4 is 16.0 Å². The summed E-state index contributed by atoms with van der Waals surface area (Å²) in [5.41, 5.74) is 1.15. The summed E-state index contributed by atoms with van der Waals surface area (Å²) in [4.78, 5) is 67.9. The topological polar surface area (TPSA) is 164 Å². The minimum Gasteiger partial charge on any atom is -0.446 e. The third kappa shape index (κ3) is 8.05. The maximum absolute atomic E-state index is 13.4. The maximum Gasteiger partial charge on any atom is 0.273 e. The van der Waals surface area contributed by atoms with E-state index in [1.807, 2.05) is 61.9 Å². The average molecular weight is 647 g/mol. The Kier molecular flexibility index (Phi) is 10.6. The van der Waals surface area contributed by atoms with Crippen molar-refractivity contribution in [3.05, 3.63) is 88.0 Å². The van der Waals surface area contributed by atoms with Gasteiger partial charge in [-0.15, -0.1) is 11.3 Å². The number of carbonyl (C=O) groups excluding carboxylic acids is 4. The van der Waals surface area contributed by atoms with E-state index < -0.39 is 23.9 Å². The van der Waals surface area contributed by atoms with Crippen LogP contribution in [0.1, 0.15) is 82.5 Å². The normalized spacial score (nSPS) is 18.0. The summed E-state index contributed by atoms with van der Waals surface area (Å²) in [5, 5.41) is 11.0. The van der Waals surface area contributed by atoms with E-state index in [9.17, 15) is 19.2 Å². The standard InChI is InChI=1S/C32H38N8O5S/c1-4-25-33-11-14-39(25)13-10-27(42)40-15-12-34-29(43)23-18-45-31(36-23)22(16-21-8-6-5-7-9-21)35-30(44)24-19-46-32(37-24)28(20(2)3)38-26(41)17-40/h5-9,11,14,18-20,22,28H,4,10,12-13,15-17H2,1-3H3,(H,34,43)(H,35,44)(H,38,41)/t22-,28-/m0/s1. The number of hydrogen-bond acceptors (Lipinski definition) is 9. The van der Waals surface area contributed by atoms with Crippen molar-refractivity contribution in [1.29, 1.82) is 0 Å². The zero-order valence-electron chi connectivity index (χ0n) is 26.1. The van der Waals surface area contributed by atoms with Gasteiger partial charge in [0.15, 0.2) is 5.69 Å². The highest BCUT2D eigenvalue weighted by molar-refractivity contribution is 7.09. The van der Waals surface area contributed by atoms with Crippen LogP contribution in [0.15, 0.2) is 58.8 Å². The van der Waals surface area contributed by atoms with Gasteiger partial charge in [-0.2, -0.15) is 0 Å². The van der Waals surface area contributed by atoms with E-state index in [-0.39, 0.29) is 61.1 Å². The maximum atomic E-state index is 13.4. The van der Waals surface area contributed by atoms with Crippen LogP contribution in [0.25, 0.3) is 0 Å². The fourth-order valence-electron chi connectivity index (χ4n) is 5.19. The lowest BCUT2D eigenvalue weighted by atomic mass is 10.0. The minimum absolute atomic E-state index is 0.0296. The number of imidazole rings is 1. The predicted molar refractivity (Wildman–Crippen MR) is 170 cm³/mol. The number of oxazole rings is 1. The molecule has 0 unspecified atom stereocenters. The Morgan fingerprint density at radius 2 is 1.89 bits per heavy atom. The van der Waals surface area contributed by atoms with Crippen molar-refractivity contribution in [3.8, 4) is 0 Å². The smallest absolute Gasteiger partial charge is 0.273 e. The van der Waals surface area contributed by atoms with Crippen molar-refractivity contribution in [2.45, 2.75) is 58.7 Å². The average Bonchev–Trinajstić information content (AvgIpc) is 3.83. The van der Waals surface area contributed by atoms with Crippen LogP contribution in [-0.2, 0) is 29.0 Å². The number of fused-ring (bicyclic) bond motifs is 4. The summed E-state index contributed by atoms with van der Waals surface area (Å²) in [6, 6.07) is 8.38. The van der Waals surface area contributed by atoms with E-state index in [0.717, 1.165) is 17.8 Å². The molecule has 0 aliphatic carbocycles. The number of rotatable bonds is 7. The van der Waals surface area contributed by atoms with Gasteiger partial charge in [0.05, 0.1) is 12.6 Å². The molecule has 1 aliphatic rings. The van der Waals surface area contributed by atoms with Crippen molar-refractivity contribution >= 4 is 35.0 Å². The van der Waals surface area contributed by atoms with Gasteiger partial charge in [0, 0.05) is 56.7 Å². The zero-order chi connectivity index (χ0) is 32.6. The molecule has 2 atom stereocenters. The molecule has 13 nitrogen and oxygen atoms in total. The Hall–Kier alpha value is -4.85. The Morgan fingerprint density at radius 1 is 1.09 bits per heavy atom. The monoisotopic (exact) mass is 646 g/mol. The largest absolute Gasteiger partial charge is 0.446 e. The number of hydrogen-bond donors (Lipinski definition) is 3. The molecule has 4 bridgehead atoms. The molecular formula is C32H38N8O5S. The van der Waals surface area contributed by atoms with Crippen molar-refractivity contribution in [2.75, 3.05) is 19.6 Å². The third-order valence-electron chi connectivity index (χ3n) is 7.68. The van der Waals surface area contributed by atoms with Gasteiger partial charge in [0.25, 0.3) is 11.8 Å². The van der Waals surface area contributed by atoms with Gasteiger partial charge in [-0.3, -0.25) is 19.2 Å². The van der Waals surface area contributed by atoms with Crippen molar-refractivity contribution < 1.29 is 23.6 Å². The highest BCUT2D eigenvalue weighted by Crippen LogP contribution is 2.26. The van der Waals surface area contributed by atoms with Crippen LogP contribution in [0.3, 0.4) is 0 Å². The first-order chi connectivity index (χ1) is 22.2. The fraction of sp³-hybridized carbons (Fsp3) is 0.406. The summed E-state index contributed by atoms with van der Waals surface area (Å²) in [5.74, 6) is -0.569. The van der Waals surface area contributed by atoms with E-state index >= 15 is 0 Å². The van der Waals surface area contributed by atoms with Crippen LogP contribution in [0.5, 0.6) is 0 Å². The van der Waals surface area contributed by atoms with Gasteiger partial charge in [0.2, 0.25) is 17.7 Å². The first-order valence-electron chi connectivity index (χ1n) is 15.3. The summed E-state index contributed by atoms with van der Waals surface area (Å²) in [7, 11) is 0. The van der Waals surface area contributed by atoms with Gasteiger partial charge in [-0.05, 0) is 11.5 Å². The van der Waals surface area contributed by atoms with Gasteiger partial charge >= 0.3 is 0 Å². The molecule has 4 amide bonds. The van der Waals surface area contributed by atoms with E-state index in [0.29, 0.717) is 18.0 Å². The fourth-order valence-corrected chi connectivity index (χ4v) is 6.21. The highest BCUT2D eigenvalue weighted by Gasteiger charge is 2.28. The zero-order valence-corrected chi connectivity index (χ0v) is 26.9. The molecule has 3 N–H and O–H groups in total. The molecule has 0 spiro atoms. The van der Waals surface area contributed by atoms with Crippen LogP contribution in [0.4, 0.5) is 0 Å². The van der Waals surface area contributed by atoms with Crippen LogP contribution >= 0.6 is 11.3 Å². The Bertz CT molecular complexity index is 1660. The SMILES string of the molecule is CCc1nccn1CCC(=O)N1CCNC(=O)c2coc(n2)[C@H](Cc2ccccc2)NC(=O)c2csc(n2)[C@H](C(C)C)NC(=O)C1. The van der Waals surface area contributed by atoms with Gasteiger partial charge in [0.1, 0.15) is 28.8 Å². The second-order valence-corrected chi connectivity index (χ2v) is 12.2. The number of aromatic nitrogens is 4. The minimum atomic E-state index is -0.682. The first-order valence-corrected chi connectivity index (χ1v) is 16.2. The van der Waals surface area contributed by atoms with E-state index in [1.54, 1.807) is 11.6 Å². The van der Waals surface area contributed by atoms with Crippen LogP contribution in [0, 0.1) is 5.92 Å². The molecule has 0 saturated heterocycles. The molecule has 1 aromatic carbocycles. The Labute approximate surface area is 270 Å². The summed E-state index contributed by atoms with van der Waals surface area (Å²) in [6.45, 7) is 6.28. The highest BCUT2D eigenvalue weighted by atomic mass is 32.1. The molecule has 242 valence electrons. The number of carbonyl (C=O) groups is 4. The second kappa shape index (κ2) is 15.0. The summed E-state index contributed by atoms with van der Waals surface area (Å²) >= 11 is 1.27. The summed E-state index contributed by atoms with van der Waals surface area (Å²) < 4.78 is 7.61. The van der Waals surface area contributed by atoms with Gasteiger partial charge in [-0.1, -0.05) is 51.1 Å². The first kappa shape index (κ1) is 32.5. The number of aryl methyl sites for hydroxylation is 2. The van der Waals surface area contributed by atoms with E-state index in [4.69, 9.17) is 4.42 Å². The molecule has 14 heteroatoms. The molecule has 0 fully saturated rings. The molecule has 4 heterocycles. The Morgan fingerprint density at radius 3 is 2.65 bits per heavy atom. The number of nitrogens with one attached hydrogen (secondary N) is 3. The van der Waals surface area contributed by atoms with Gasteiger partial charge < -0.3 is 29.8 Å². The molecule has 4 aromatic rings. The number of amides is 4. The van der Waals surface area contributed by atoms with Crippen LogP contribution in [-0.4, -0.2) is 67.7 Å². The molecule has 0 saturated carbocycles. The predicted octanol–water partition coefficient (Wildman–Crippen LogP) is 3.08. The lowest BCUT2D eigenvalue weighted by molar-refractivity contribution is -0.136. The van der Waals surface area contributed by atoms with E-state index in [1.165, 1.54) is 22.5 Å².